The maximum Gasteiger partial charge on any atom is 0.159 e. The van der Waals surface area contributed by atoms with E-state index in [1.165, 1.54) is 5.56 Å². The van der Waals surface area contributed by atoms with E-state index in [-0.39, 0.29) is 11.8 Å². The molecule has 2 aromatic rings. The molecule has 2 aliphatic rings. The van der Waals surface area contributed by atoms with Gasteiger partial charge in [0.25, 0.3) is 0 Å². The van der Waals surface area contributed by atoms with Crippen LogP contribution in [0.1, 0.15) is 46.8 Å². The van der Waals surface area contributed by atoms with Gasteiger partial charge in [0.2, 0.25) is 0 Å². The van der Waals surface area contributed by atoms with Gasteiger partial charge >= 0.3 is 0 Å². The Bertz CT molecular complexity index is 859. The summed E-state index contributed by atoms with van der Waals surface area (Å²) in [6, 6.07) is 11.7. The van der Waals surface area contributed by atoms with Crippen molar-refractivity contribution in [2.75, 3.05) is 5.32 Å². The van der Waals surface area contributed by atoms with Gasteiger partial charge in [-0.05, 0) is 60.7 Å². The number of fused-ring (bicyclic) bond motifs is 3. The van der Waals surface area contributed by atoms with Gasteiger partial charge in [0.05, 0.1) is 6.04 Å². The van der Waals surface area contributed by atoms with Gasteiger partial charge in [0.1, 0.15) is 0 Å². The van der Waals surface area contributed by atoms with E-state index in [0.717, 1.165) is 23.2 Å². The Morgan fingerprint density at radius 3 is 2.71 bits per heavy atom. The third-order valence-corrected chi connectivity index (χ3v) is 5.63. The van der Waals surface area contributed by atoms with Crippen molar-refractivity contribution >= 4 is 34.7 Å². The van der Waals surface area contributed by atoms with Crippen LogP contribution in [-0.4, -0.2) is 5.78 Å². The fourth-order valence-corrected chi connectivity index (χ4v) is 4.40. The summed E-state index contributed by atoms with van der Waals surface area (Å²) < 4.78 is 0. The highest BCUT2D eigenvalue weighted by Gasteiger charge is 2.38. The van der Waals surface area contributed by atoms with E-state index in [1.54, 1.807) is 13.0 Å². The molecule has 4 heteroatoms. The smallest absolute Gasteiger partial charge is 0.159 e. The molecule has 1 aliphatic heterocycles. The van der Waals surface area contributed by atoms with E-state index in [0.29, 0.717) is 21.9 Å². The van der Waals surface area contributed by atoms with Gasteiger partial charge in [-0.15, -0.1) is 0 Å². The Labute approximate surface area is 151 Å². The molecule has 24 heavy (non-hydrogen) atoms. The zero-order valence-electron chi connectivity index (χ0n) is 13.2. The van der Waals surface area contributed by atoms with Gasteiger partial charge in [0.15, 0.2) is 5.78 Å². The zero-order chi connectivity index (χ0) is 16.8. The third-order valence-electron chi connectivity index (χ3n) is 5.07. The zero-order valence-corrected chi connectivity index (χ0v) is 14.7. The lowest BCUT2D eigenvalue weighted by atomic mass is 9.76. The summed E-state index contributed by atoms with van der Waals surface area (Å²) in [7, 11) is 0. The molecule has 0 saturated carbocycles. The van der Waals surface area contributed by atoms with Crippen molar-refractivity contribution in [2.24, 2.45) is 5.92 Å². The van der Waals surface area contributed by atoms with Crippen LogP contribution in [0.3, 0.4) is 0 Å². The van der Waals surface area contributed by atoms with Crippen LogP contribution in [-0.2, 0) is 0 Å². The number of Topliss-reactive ketones (excluding diaryl/α,β-unsaturated/α-hetero) is 1. The van der Waals surface area contributed by atoms with Gasteiger partial charge in [-0.2, -0.15) is 0 Å². The van der Waals surface area contributed by atoms with E-state index in [4.69, 9.17) is 23.2 Å². The fourth-order valence-electron chi connectivity index (χ4n) is 3.87. The summed E-state index contributed by atoms with van der Waals surface area (Å²) >= 11 is 12.5. The Kier molecular flexibility index (Phi) is 3.90. The van der Waals surface area contributed by atoms with E-state index in [9.17, 15) is 4.79 Å². The normalized spacial score (nSPS) is 24.2. The molecular weight excluding hydrogens is 341 g/mol. The SMILES string of the molecule is CC(=O)c1ccc2c(c1)C1C=CCC1C(c1ccc(Cl)cc1Cl)N2. The molecule has 1 N–H and O–H groups in total. The average Bonchev–Trinajstić information content (AvgIpc) is 3.04. The molecule has 1 heterocycles. The molecule has 122 valence electrons. The highest BCUT2D eigenvalue weighted by atomic mass is 35.5. The van der Waals surface area contributed by atoms with Crippen molar-refractivity contribution in [3.05, 3.63) is 75.3 Å². The molecular formula is C20H17Cl2NO. The van der Waals surface area contributed by atoms with Gasteiger partial charge in [0, 0.05) is 27.2 Å². The third kappa shape index (κ3) is 2.54. The van der Waals surface area contributed by atoms with E-state index < -0.39 is 0 Å². The first kappa shape index (κ1) is 15.7. The lowest BCUT2D eigenvalue weighted by molar-refractivity contribution is 0.101. The van der Waals surface area contributed by atoms with Crippen LogP contribution < -0.4 is 5.32 Å². The number of rotatable bonds is 2. The number of allylic oxidation sites excluding steroid dienone is 2. The fraction of sp³-hybridized carbons (Fsp3) is 0.250. The number of nitrogens with one attached hydrogen (secondary N) is 1. The Morgan fingerprint density at radius 2 is 1.96 bits per heavy atom. The number of ketones is 1. The Balaban J connectivity index is 1.79. The van der Waals surface area contributed by atoms with Gasteiger partial charge < -0.3 is 5.32 Å². The maximum absolute atomic E-state index is 11.7. The lowest BCUT2D eigenvalue weighted by Crippen LogP contribution is -2.29. The first-order chi connectivity index (χ1) is 11.5. The van der Waals surface area contributed by atoms with Crippen LogP contribution in [0, 0.1) is 5.92 Å². The number of benzene rings is 2. The molecule has 3 unspecified atom stereocenters. The highest BCUT2D eigenvalue weighted by Crippen LogP contribution is 2.51. The number of halogens is 2. The Morgan fingerprint density at radius 1 is 1.12 bits per heavy atom. The van der Waals surface area contributed by atoms with Crippen molar-refractivity contribution in [1.29, 1.82) is 0 Å². The molecule has 0 saturated heterocycles. The second-order valence-corrected chi connectivity index (χ2v) is 7.34. The number of carbonyl (C=O) groups excluding carboxylic acids is 1. The quantitative estimate of drug-likeness (QED) is 0.525. The minimum absolute atomic E-state index is 0.0965. The van der Waals surface area contributed by atoms with Crippen LogP contribution in [0.4, 0.5) is 5.69 Å². The van der Waals surface area contributed by atoms with Crippen LogP contribution in [0.2, 0.25) is 10.0 Å². The number of anilines is 1. The Hall–Kier alpha value is -1.77. The second-order valence-electron chi connectivity index (χ2n) is 6.50. The summed E-state index contributed by atoms with van der Waals surface area (Å²) in [5.41, 5.74) is 4.10. The summed E-state index contributed by atoms with van der Waals surface area (Å²) in [5.74, 6) is 0.787. The largest absolute Gasteiger partial charge is 0.378 e. The summed E-state index contributed by atoms with van der Waals surface area (Å²) in [6.07, 6.45) is 5.47. The number of hydrogen-bond acceptors (Lipinski definition) is 2. The summed E-state index contributed by atoms with van der Waals surface area (Å²) in [6.45, 7) is 1.61. The first-order valence-electron chi connectivity index (χ1n) is 8.07. The van der Waals surface area contributed by atoms with Crippen molar-refractivity contribution in [2.45, 2.75) is 25.3 Å². The van der Waals surface area contributed by atoms with E-state index in [2.05, 4.69) is 17.5 Å². The molecule has 0 spiro atoms. The molecule has 1 aliphatic carbocycles. The minimum atomic E-state index is 0.0965. The predicted octanol–water partition coefficient (Wildman–Crippen LogP) is 6.02. The maximum atomic E-state index is 11.7. The number of carbonyl (C=O) groups is 1. The molecule has 0 radical (unpaired) electrons. The predicted molar refractivity (Wildman–Crippen MR) is 99.3 cm³/mol. The highest BCUT2D eigenvalue weighted by molar-refractivity contribution is 6.35. The molecule has 0 fully saturated rings. The minimum Gasteiger partial charge on any atom is -0.378 e. The molecule has 2 nitrogen and oxygen atoms in total. The van der Waals surface area contributed by atoms with Crippen molar-refractivity contribution in [1.82, 2.24) is 0 Å². The van der Waals surface area contributed by atoms with Crippen LogP contribution in [0.25, 0.3) is 0 Å². The molecule has 2 aromatic carbocycles. The lowest BCUT2D eigenvalue weighted by Gasteiger charge is -2.38. The van der Waals surface area contributed by atoms with Gasteiger partial charge in [-0.25, -0.2) is 0 Å². The molecule has 0 amide bonds. The molecule has 0 aromatic heterocycles. The van der Waals surface area contributed by atoms with Crippen molar-refractivity contribution in [3.8, 4) is 0 Å². The molecule has 4 rings (SSSR count). The topological polar surface area (TPSA) is 29.1 Å². The average molecular weight is 358 g/mol. The second kappa shape index (κ2) is 5.94. The monoisotopic (exact) mass is 357 g/mol. The van der Waals surface area contributed by atoms with Crippen molar-refractivity contribution < 1.29 is 4.79 Å². The summed E-state index contributed by atoms with van der Waals surface area (Å²) in [5, 5.41) is 4.97. The molecule has 0 bridgehead atoms. The van der Waals surface area contributed by atoms with Crippen LogP contribution in [0.15, 0.2) is 48.6 Å². The van der Waals surface area contributed by atoms with Gasteiger partial charge in [-0.3, -0.25) is 4.79 Å². The summed E-state index contributed by atoms with van der Waals surface area (Å²) in [4.78, 5) is 11.7. The first-order valence-corrected chi connectivity index (χ1v) is 8.83. The number of hydrogen-bond donors (Lipinski definition) is 1. The van der Waals surface area contributed by atoms with Gasteiger partial charge in [-0.1, -0.05) is 41.4 Å². The van der Waals surface area contributed by atoms with E-state index >= 15 is 0 Å². The van der Waals surface area contributed by atoms with Crippen LogP contribution >= 0.6 is 23.2 Å². The van der Waals surface area contributed by atoms with Crippen LogP contribution in [0.5, 0.6) is 0 Å². The van der Waals surface area contributed by atoms with E-state index in [1.807, 2.05) is 30.3 Å². The standard InChI is InChI=1S/C20H17Cl2NO/c1-11(24)12-5-8-19-17(9-12)14-3-2-4-15(14)20(23-19)16-7-6-13(21)10-18(16)22/h2-3,5-10,14-15,20,23H,4H2,1H3. The van der Waals surface area contributed by atoms with Crippen molar-refractivity contribution in [3.63, 3.8) is 0 Å². The molecule has 3 atom stereocenters.